The van der Waals surface area contributed by atoms with E-state index in [1.165, 1.54) is 6.33 Å². The average Bonchev–Trinajstić information content (AvgIpc) is 2.01. The van der Waals surface area contributed by atoms with E-state index in [9.17, 15) is 0 Å². The van der Waals surface area contributed by atoms with Gasteiger partial charge in [-0.15, -0.1) is 0 Å². The first-order chi connectivity index (χ1) is 6.21. The zero-order valence-electron chi connectivity index (χ0n) is 6.19. The van der Waals surface area contributed by atoms with Crippen LogP contribution in [-0.2, 0) is 4.29 Å². The predicted octanol–water partition coefficient (Wildman–Crippen LogP) is 4.46. The summed E-state index contributed by atoms with van der Waals surface area (Å²) in [6, 6.07) is 0. The van der Waals surface area contributed by atoms with Gasteiger partial charge in [-0.25, -0.2) is 15.0 Å². The minimum absolute atomic E-state index is 0.519. The number of hydrogen-bond donors (Lipinski definition) is 0. The topological polar surface area (TPSA) is 38.7 Å². The lowest BCUT2D eigenvalue weighted by molar-refractivity contribution is 0.885. The highest BCUT2D eigenvalue weighted by Crippen LogP contribution is 2.45. The maximum atomic E-state index is 4.21. The number of alkyl halides is 6. The third kappa shape index (κ3) is 4.04. The highest BCUT2D eigenvalue weighted by Gasteiger charge is 2.30. The lowest BCUT2D eigenvalue weighted by Gasteiger charge is -2.14. The van der Waals surface area contributed by atoms with E-state index in [-0.39, 0.29) is 0 Å². The zero-order valence-corrected chi connectivity index (χ0v) is 15.7. The Kier molecular flexibility index (Phi) is 5.02. The van der Waals surface area contributed by atoms with Gasteiger partial charge in [-0.1, -0.05) is 95.6 Å². The Bertz CT molecular complexity index is 300. The molecule has 0 aliphatic heterocycles. The molecule has 14 heavy (non-hydrogen) atoms. The van der Waals surface area contributed by atoms with Crippen molar-refractivity contribution in [2.45, 2.75) is 4.29 Å². The Labute approximate surface area is 131 Å². The van der Waals surface area contributed by atoms with Crippen LogP contribution in [0.15, 0.2) is 6.33 Å². The van der Waals surface area contributed by atoms with Gasteiger partial charge in [0, 0.05) is 0 Å². The second-order valence-corrected chi connectivity index (χ2v) is 15.7. The van der Waals surface area contributed by atoms with E-state index in [0.29, 0.717) is 11.6 Å². The fourth-order valence-corrected chi connectivity index (χ4v) is 1.72. The fourth-order valence-electron chi connectivity index (χ4n) is 0.569. The van der Waals surface area contributed by atoms with Crippen LogP contribution in [-0.4, -0.2) is 15.0 Å². The molecule has 0 saturated carbocycles. The molecule has 0 aliphatic rings. The summed E-state index contributed by atoms with van der Waals surface area (Å²) in [7, 11) is 0. The smallest absolute Gasteiger partial charge is 0.194 e. The van der Waals surface area contributed by atoms with Gasteiger partial charge in [0.05, 0.1) is 0 Å². The first-order valence-electron chi connectivity index (χ1n) is 3.04. The molecule has 0 saturated heterocycles. The predicted molar refractivity (Wildman–Crippen MR) is 76.7 cm³/mol. The van der Waals surface area contributed by atoms with E-state index in [1.54, 1.807) is 0 Å². The number of nitrogens with zero attached hydrogens (tertiary/aromatic N) is 3. The number of halogens is 6. The van der Waals surface area contributed by atoms with Crippen molar-refractivity contribution in [3.8, 4) is 0 Å². The van der Waals surface area contributed by atoms with Crippen molar-refractivity contribution < 1.29 is 0 Å². The van der Waals surface area contributed by atoms with Crippen molar-refractivity contribution in [1.29, 1.82) is 0 Å². The first kappa shape index (κ1) is 14.0. The van der Waals surface area contributed by atoms with Gasteiger partial charge in [-0.3, -0.25) is 0 Å². The molecule has 0 bridgehead atoms. The van der Waals surface area contributed by atoms with Gasteiger partial charge in [0.25, 0.3) is 0 Å². The largest absolute Gasteiger partial charge is 0.218 e. The summed E-state index contributed by atoms with van der Waals surface area (Å²) in [6.45, 7) is 0. The molecule has 3 nitrogen and oxygen atoms in total. The van der Waals surface area contributed by atoms with Crippen LogP contribution in [0.1, 0.15) is 11.6 Å². The van der Waals surface area contributed by atoms with Gasteiger partial charge in [0.15, 0.2) is 15.9 Å². The highest BCUT2D eigenvalue weighted by molar-refractivity contribution is 9.39. The lowest BCUT2D eigenvalue weighted by Crippen LogP contribution is -2.13. The molecule has 0 amide bonds. The van der Waals surface area contributed by atoms with E-state index in [4.69, 9.17) is 0 Å². The number of hydrogen-bond acceptors (Lipinski definition) is 3. The van der Waals surface area contributed by atoms with Gasteiger partial charge in [0.2, 0.25) is 0 Å². The molecular weight excluding hydrogens is 582 g/mol. The van der Waals surface area contributed by atoms with Gasteiger partial charge in [-0.2, -0.15) is 0 Å². The maximum absolute atomic E-state index is 4.21. The summed E-state index contributed by atoms with van der Waals surface area (Å²) < 4.78 is -1.27. The van der Waals surface area contributed by atoms with Gasteiger partial charge in [0.1, 0.15) is 6.33 Å². The van der Waals surface area contributed by atoms with Crippen LogP contribution in [0.2, 0.25) is 0 Å². The molecule has 1 rings (SSSR count). The van der Waals surface area contributed by atoms with Crippen LogP contribution in [0.25, 0.3) is 0 Å². The van der Waals surface area contributed by atoms with Crippen molar-refractivity contribution >= 4 is 95.6 Å². The van der Waals surface area contributed by atoms with Crippen molar-refractivity contribution in [3.05, 3.63) is 18.0 Å². The van der Waals surface area contributed by atoms with Crippen molar-refractivity contribution in [2.24, 2.45) is 0 Å². The quantitative estimate of drug-likeness (QED) is 0.425. The molecule has 0 radical (unpaired) electrons. The molecule has 0 N–H and O–H groups in total. The summed E-state index contributed by atoms with van der Waals surface area (Å²) in [4.78, 5) is 12.2. The van der Waals surface area contributed by atoms with E-state index >= 15 is 0 Å². The van der Waals surface area contributed by atoms with Gasteiger partial charge < -0.3 is 0 Å². The maximum Gasteiger partial charge on any atom is 0.194 e. The average molecular weight is 583 g/mol. The van der Waals surface area contributed by atoms with Crippen LogP contribution >= 0.6 is 95.6 Å². The van der Waals surface area contributed by atoms with Crippen LogP contribution in [0, 0.1) is 0 Å². The summed E-state index contributed by atoms with van der Waals surface area (Å²) in [5, 5.41) is 0. The number of rotatable bonds is 0. The SMILES string of the molecule is BrC(Br)(Br)c1ncnc(C(Br)(Br)Br)n1. The Balaban J connectivity index is 3.15. The van der Waals surface area contributed by atoms with Crippen molar-refractivity contribution in [2.75, 3.05) is 0 Å². The van der Waals surface area contributed by atoms with Crippen LogP contribution < -0.4 is 0 Å². The summed E-state index contributed by atoms with van der Waals surface area (Å²) in [5.74, 6) is 1.04. The van der Waals surface area contributed by atoms with Gasteiger partial charge in [-0.05, 0) is 0 Å². The molecule has 1 aromatic heterocycles. The second-order valence-electron chi connectivity index (χ2n) is 2.13. The van der Waals surface area contributed by atoms with Crippen LogP contribution in [0.5, 0.6) is 0 Å². The normalized spacial score (nSPS) is 13.0. The third-order valence-electron chi connectivity index (χ3n) is 1.08. The first-order valence-corrected chi connectivity index (χ1v) is 7.80. The molecule has 78 valence electrons. The monoisotopic (exact) mass is 577 g/mol. The Morgan fingerprint density at radius 2 is 1.14 bits per heavy atom. The summed E-state index contributed by atoms with van der Waals surface area (Å²) in [6.07, 6.45) is 1.43. The molecular formula is C5HBr6N3. The summed E-state index contributed by atoms with van der Waals surface area (Å²) in [5.41, 5.74) is 0. The molecule has 1 aromatic rings. The Morgan fingerprint density at radius 1 is 0.786 bits per heavy atom. The Morgan fingerprint density at radius 3 is 1.43 bits per heavy atom. The highest BCUT2D eigenvalue weighted by atomic mass is 80.0. The summed E-state index contributed by atoms with van der Waals surface area (Å²) >= 11 is 19.9. The standard InChI is InChI=1S/C5HBr6N3/c6-4(7,8)2-12-1-13-3(14-2)5(9,10)11/h1H. The molecule has 0 fully saturated rings. The lowest BCUT2D eigenvalue weighted by atomic mass is 10.6. The van der Waals surface area contributed by atoms with Crippen molar-refractivity contribution in [1.82, 2.24) is 15.0 Å². The van der Waals surface area contributed by atoms with Crippen molar-refractivity contribution in [3.63, 3.8) is 0 Å². The molecule has 1 heterocycles. The van der Waals surface area contributed by atoms with E-state index in [2.05, 4.69) is 111 Å². The number of aromatic nitrogens is 3. The molecule has 0 aromatic carbocycles. The van der Waals surface area contributed by atoms with Gasteiger partial charge >= 0.3 is 0 Å². The van der Waals surface area contributed by atoms with E-state index in [0.717, 1.165) is 0 Å². The van der Waals surface area contributed by atoms with Crippen LogP contribution in [0.4, 0.5) is 0 Å². The van der Waals surface area contributed by atoms with E-state index < -0.39 is 4.29 Å². The third-order valence-corrected chi connectivity index (χ3v) is 3.21. The zero-order chi connectivity index (χ0) is 11.0. The Hall–Kier alpha value is 1.89. The molecule has 0 aliphatic carbocycles. The fraction of sp³-hybridized carbons (Fsp3) is 0.400. The van der Waals surface area contributed by atoms with E-state index in [1.807, 2.05) is 0 Å². The van der Waals surface area contributed by atoms with Crippen LogP contribution in [0.3, 0.4) is 0 Å². The minimum atomic E-state index is -0.636. The minimum Gasteiger partial charge on any atom is -0.218 e. The molecule has 9 heteroatoms. The molecule has 0 spiro atoms. The molecule has 0 unspecified atom stereocenters. The molecule has 0 atom stereocenters. The second kappa shape index (κ2) is 5.03.